The first-order valence-corrected chi connectivity index (χ1v) is 12.5. The first kappa shape index (κ1) is 25.1. The molecule has 0 heterocycles. The summed E-state index contributed by atoms with van der Waals surface area (Å²) in [5.74, 6) is -0.478. The van der Waals surface area contributed by atoms with Gasteiger partial charge in [0.05, 0.1) is 29.1 Å². The van der Waals surface area contributed by atoms with Gasteiger partial charge in [-0.2, -0.15) is 0 Å². The van der Waals surface area contributed by atoms with E-state index in [1.165, 1.54) is 18.2 Å². The SMILES string of the molecule is CCOC(=O)c1cc(NC(=O)CN(c2ccccc2Oc2ccccc2)S(C)(=O)=O)ccc1Cl. The zero-order valence-electron chi connectivity index (χ0n) is 18.5. The standard InChI is InChI=1S/C24H23ClN2O6S/c1-3-32-24(29)19-15-17(13-14-20(19)25)26-23(28)16-27(34(2,30)31)21-11-7-8-12-22(21)33-18-9-5-4-6-10-18/h4-15H,3,16H2,1-2H3,(H,26,28). The summed E-state index contributed by atoms with van der Waals surface area (Å²) in [7, 11) is -3.86. The fraction of sp³-hybridized carbons (Fsp3) is 0.167. The van der Waals surface area contributed by atoms with Crippen molar-refractivity contribution >= 4 is 44.9 Å². The Hall–Kier alpha value is -3.56. The smallest absolute Gasteiger partial charge is 0.339 e. The number of amides is 1. The highest BCUT2D eigenvalue weighted by Gasteiger charge is 2.24. The molecular weight excluding hydrogens is 480 g/mol. The summed E-state index contributed by atoms with van der Waals surface area (Å²) in [5.41, 5.74) is 0.551. The van der Waals surface area contributed by atoms with Gasteiger partial charge < -0.3 is 14.8 Å². The number of benzene rings is 3. The molecule has 0 unspecified atom stereocenters. The summed E-state index contributed by atoms with van der Waals surface area (Å²) in [6.45, 7) is 1.31. The van der Waals surface area contributed by atoms with Crippen LogP contribution in [0.3, 0.4) is 0 Å². The number of nitrogens with one attached hydrogen (secondary N) is 1. The lowest BCUT2D eigenvalue weighted by Crippen LogP contribution is -2.37. The number of rotatable bonds is 9. The monoisotopic (exact) mass is 502 g/mol. The minimum absolute atomic E-state index is 0.0860. The predicted molar refractivity (Wildman–Crippen MR) is 131 cm³/mol. The molecule has 0 fully saturated rings. The number of nitrogens with zero attached hydrogens (tertiary/aromatic N) is 1. The van der Waals surface area contributed by atoms with Gasteiger partial charge in [0.25, 0.3) is 0 Å². The van der Waals surface area contributed by atoms with E-state index in [-0.39, 0.29) is 34.3 Å². The summed E-state index contributed by atoms with van der Waals surface area (Å²) >= 11 is 6.06. The van der Waals surface area contributed by atoms with E-state index in [1.54, 1.807) is 55.5 Å². The Balaban J connectivity index is 1.85. The molecule has 3 aromatic rings. The lowest BCUT2D eigenvalue weighted by Gasteiger charge is -2.24. The Morgan fingerprint density at radius 3 is 2.35 bits per heavy atom. The Morgan fingerprint density at radius 1 is 1.00 bits per heavy atom. The molecule has 0 atom stereocenters. The number of carbonyl (C=O) groups is 2. The van der Waals surface area contributed by atoms with Crippen molar-refractivity contribution in [2.45, 2.75) is 6.92 Å². The summed E-state index contributed by atoms with van der Waals surface area (Å²) in [5, 5.41) is 2.76. The molecule has 10 heteroatoms. The number of hydrogen-bond donors (Lipinski definition) is 1. The van der Waals surface area contributed by atoms with Crippen LogP contribution < -0.4 is 14.4 Å². The van der Waals surface area contributed by atoms with Crippen molar-refractivity contribution in [1.29, 1.82) is 0 Å². The van der Waals surface area contributed by atoms with Gasteiger partial charge >= 0.3 is 5.97 Å². The zero-order chi connectivity index (χ0) is 24.7. The van der Waals surface area contributed by atoms with E-state index in [9.17, 15) is 18.0 Å². The molecule has 0 spiro atoms. The second-order valence-corrected chi connectivity index (χ2v) is 9.43. The van der Waals surface area contributed by atoms with Gasteiger partial charge in [-0.15, -0.1) is 0 Å². The third-order valence-corrected chi connectivity index (χ3v) is 5.99. The number of esters is 1. The average molecular weight is 503 g/mol. The van der Waals surface area contributed by atoms with Crippen LogP contribution in [0.15, 0.2) is 72.8 Å². The number of sulfonamides is 1. The molecule has 1 N–H and O–H groups in total. The van der Waals surface area contributed by atoms with E-state index in [0.717, 1.165) is 10.6 Å². The van der Waals surface area contributed by atoms with Gasteiger partial charge in [0.1, 0.15) is 12.3 Å². The molecule has 0 saturated heterocycles. The molecule has 1 amide bonds. The second-order valence-electron chi connectivity index (χ2n) is 7.12. The lowest BCUT2D eigenvalue weighted by molar-refractivity contribution is -0.114. The van der Waals surface area contributed by atoms with Gasteiger partial charge in [0.15, 0.2) is 5.75 Å². The summed E-state index contributed by atoms with van der Waals surface area (Å²) in [6, 6.07) is 19.7. The third-order valence-electron chi connectivity index (χ3n) is 4.54. The van der Waals surface area contributed by atoms with Gasteiger partial charge in [-0.25, -0.2) is 13.2 Å². The van der Waals surface area contributed by atoms with E-state index in [4.69, 9.17) is 21.1 Å². The maximum atomic E-state index is 12.8. The zero-order valence-corrected chi connectivity index (χ0v) is 20.1. The van der Waals surface area contributed by atoms with Gasteiger partial charge in [-0.3, -0.25) is 9.10 Å². The minimum atomic E-state index is -3.86. The Kier molecular flexibility index (Phi) is 8.14. The molecule has 0 aliphatic rings. The van der Waals surface area contributed by atoms with Crippen molar-refractivity contribution in [3.63, 3.8) is 0 Å². The summed E-state index contributed by atoms with van der Waals surface area (Å²) < 4.78 is 37.0. The van der Waals surface area contributed by atoms with E-state index in [0.29, 0.717) is 5.75 Å². The molecular formula is C24H23ClN2O6S. The highest BCUT2D eigenvalue weighted by Crippen LogP contribution is 2.33. The third kappa shape index (κ3) is 6.49. The van der Waals surface area contributed by atoms with Gasteiger partial charge in [0, 0.05) is 5.69 Å². The molecule has 0 radical (unpaired) electrons. The number of halogens is 1. The van der Waals surface area contributed by atoms with Crippen LogP contribution >= 0.6 is 11.6 Å². The van der Waals surface area contributed by atoms with Crippen LogP contribution in [0.4, 0.5) is 11.4 Å². The molecule has 0 bridgehead atoms. The van der Waals surface area contributed by atoms with Crippen molar-refractivity contribution < 1.29 is 27.5 Å². The largest absolute Gasteiger partial charge is 0.462 e. The lowest BCUT2D eigenvalue weighted by atomic mass is 10.2. The maximum absolute atomic E-state index is 12.8. The Bertz CT molecular complexity index is 1280. The fourth-order valence-corrected chi connectivity index (χ4v) is 4.10. The minimum Gasteiger partial charge on any atom is -0.462 e. The van der Waals surface area contributed by atoms with Crippen LogP contribution in [0.25, 0.3) is 0 Å². The van der Waals surface area contributed by atoms with E-state index >= 15 is 0 Å². The van der Waals surface area contributed by atoms with Crippen molar-refractivity contribution in [2.24, 2.45) is 0 Å². The number of anilines is 2. The molecule has 34 heavy (non-hydrogen) atoms. The van der Waals surface area contributed by atoms with Crippen molar-refractivity contribution in [2.75, 3.05) is 29.0 Å². The Morgan fingerprint density at radius 2 is 1.68 bits per heavy atom. The molecule has 178 valence electrons. The van der Waals surface area contributed by atoms with Crippen LogP contribution in [0.5, 0.6) is 11.5 Å². The van der Waals surface area contributed by atoms with E-state index < -0.39 is 28.4 Å². The number of ether oxygens (including phenoxy) is 2. The molecule has 8 nitrogen and oxygen atoms in total. The van der Waals surface area contributed by atoms with Crippen molar-refractivity contribution in [3.8, 4) is 11.5 Å². The quantitative estimate of drug-likeness (QED) is 0.425. The number of para-hydroxylation sites is 3. The van der Waals surface area contributed by atoms with Gasteiger partial charge in [-0.1, -0.05) is 41.9 Å². The molecule has 3 aromatic carbocycles. The Labute approximate surface area is 203 Å². The molecule has 0 aliphatic carbocycles. The van der Waals surface area contributed by atoms with E-state index in [2.05, 4.69) is 5.32 Å². The number of hydrogen-bond acceptors (Lipinski definition) is 6. The molecule has 3 rings (SSSR count). The topological polar surface area (TPSA) is 102 Å². The average Bonchev–Trinajstić information content (AvgIpc) is 2.79. The van der Waals surface area contributed by atoms with Crippen molar-refractivity contribution in [3.05, 3.63) is 83.4 Å². The van der Waals surface area contributed by atoms with Crippen LogP contribution in [-0.2, 0) is 19.6 Å². The predicted octanol–water partition coefficient (Wildman–Crippen LogP) is 4.71. The fourth-order valence-electron chi connectivity index (χ4n) is 3.05. The first-order chi connectivity index (χ1) is 16.2. The molecule has 0 saturated carbocycles. The second kappa shape index (κ2) is 11.0. The normalized spacial score (nSPS) is 10.9. The van der Waals surface area contributed by atoms with Gasteiger partial charge in [-0.05, 0) is 49.4 Å². The first-order valence-electron chi connectivity index (χ1n) is 10.2. The van der Waals surface area contributed by atoms with Crippen LogP contribution in [0, 0.1) is 0 Å². The van der Waals surface area contributed by atoms with Crippen molar-refractivity contribution in [1.82, 2.24) is 0 Å². The number of carbonyl (C=O) groups excluding carboxylic acids is 2. The van der Waals surface area contributed by atoms with Gasteiger partial charge in [0.2, 0.25) is 15.9 Å². The summed E-state index contributed by atoms with van der Waals surface area (Å²) in [4.78, 5) is 24.9. The van der Waals surface area contributed by atoms with E-state index in [1.807, 2.05) is 6.07 Å². The van der Waals surface area contributed by atoms with Crippen LogP contribution in [-0.4, -0.2) is 39.7 Å². The molecule has 0 aliphatic heterocycles. The van der Waals surface area contributed by atoms with Crippen LogP contribution in [0.2, 0.25) is 5.02 Å². The maximum Gasteiger partial charge on any atom is 0.339 e. The summed E-state index contributed by atoms with van der Waals surface area (Å²) in [6.07, 6.45) is 1.00. The highest BCUT2D eigenvalue weighted by atomic mass is 35.5. The molecule has 0 aromatic heterocycles. The van der Waals surface area contributed by atoms with Crippen LogP contribution in [0.1, 0.15) is 17.3 Å². The highest BCUT2D eigenvalue weighted by molar-refractivity contribution is 7.92.